The number of guanidine groups is 1. The summed E-state index contributed by atoms with van der Waals surface area (Å²) in [4.78, 5) is 16.5. The molecule has 5 N–H and O–H groups in total. The average Bonchev–Trinajstić information content (AvgIpc) is 2.69. The van der Waals surface area contributed by atoms with Crippen LogP contribution < -0.4 is 16.2 Å². The Morgan fingerprint density at radius 2 is 1.73 bits per heavy atom. The first-order chi connectivity index (χ1) is 13.8. The van der Waals surface area contributed by atoms with Crippen molar-refractivity contribution in [1.29, 1.82) is 0 Å². The summed E-state index contributed by atoms with van der Waals surface area (Å²) in [6.07, 6.45) is 0.592. The van der Waals surface area contributed by atoms with E-state index in [1.54, 1.807) is 12.1 Å². The maximum Gasteiger partial charge on any atom is 0.324 e. The lowest BCUT2D eigenvalue weighted by Crippen LogP contribution is -2.41. The van der Waals surface area contributed by atoms with Crippen LogP contribution in [0.4, 0.5) is 0 Å². The quantitative estimate of drug-likeness (QED) is 0.217. The number of benzene rings is 2. The lowest BCUT2D eigenvalue weighted by atomic mass is 10.1. The Balaban J connectivity index is 0.00000450. The topological polar surface area (TPSA) is 137 Å². The van der Waals surface area contributed by atoms with Crippen molar-refractivity contribution in [3.63, 3.8) is 0 Å². The summed E-state index contributed by atoms with van der Waals surface area (Å²) < 4.78 is 33.1. The van der Waals surface area contributed by atoms with Gasteiger partial charge in [0.2, 0.25) is 10.0 Å². The molecule has 10 heteroatoms. The van der Waals surface area contributed by atoms with E-state index in [0.29, 0.717) is 6.42 Å². The van der Waals surface area contributed by atoms with E-state index in [4.69, 9.17) is 16.2 Å². The van der Waals surface area contributed by atoms with Gasteiger partial charge in [0.05, 0.1) is 4.90 Å². The summed E-state index contributed by atoms with van der Waals surface area (Å²) >= 11 is 0. The number of hydrogen-bond donors (Lipinski definition) is 3. The van der Waals surface area contributed by atoms with Crippen LogP contribution in [0.3, 0.4) is 0 Å². The second-order valence-electron chi connectivity index (χ2n) is 6.53. The molecule has 2 rings (SSSR count). The average molecular weight is 455 g/mol. The lowest BCUT2D eigenvalue weighted by Gasteiger charge is -2.18. The van der Waals surface area contributed by atoms with Gasteiger partial charge >= 0.3 is 5.97 Å². The third-order valence-electron chi connectivity index (χ3n) is 4.08. The number of nitrogens with zero attached hydrogens (tertiary/aromatic N) is 1. The Morgan fingerprint density at radius 1 is 1.10 bits per heavy atom. The molecule has 0 heterocycles. The van der Waals surface area contributed by atoms with Crippen molar-refractivity contribution < 1.29 is 17.9 Å². The van der Waals surface area contributed by atoms with Crippen LogP contribution >= 0.6 is 12.4 Å². The molecular weight excluding hydrogens is 428 g/mol. The van der Waals surface area contributed by atoms with Crippen molar-refractivity contribution in [2.24, 2.45) is 16.5 Å². The number of halogens is 1. The molecule has 0 bridgehead atoms. The van der Waals surface area contributed by atoms with Crippen LogP contribution in [0.15, 0.2) is 64.5 Å². The Bertz CT molecular complexity index is 931. The molecule has 0 spiro atoms. The Kier molecular flexibility index (Phi) is 10.3. The lowest BCUT2D eigenvalue weighted by molar-refractivity contribution is -0.147. The second-order valence-corrected chi connectivity index (χ2v) is 8.24. The molecular formula is C20H27ClN4O4S. The minimum Gasteiger partial charge on any atom is -0.460 e. The van der Waals surface area contributed by atoms with Gasteiger partial charge in [-0.15, -0.1) is 12.4 Å². The van der Waals surface area contributed by atoms with Gasteiger partial charge in [0.25, 0.3) is 0 Å². The second kappa shape index (κ2) is 12.2. The van der Waals surface area contributed by atoms with Gasteiger partial charge < -0.3 is 16.2 Å². The van der Waals surface area contributed by atoms with Gasteiger partial charge in [-0.1, -0.05) is 48.0 Å². The molecule has 0 fully saturated rings. The highest BCUT2D eigenvalue weighted by Gasteiger charge is 2.26. The Labute approximate surface area is 183 Å². The molecule has 8 nitrogen and oxygen atoms in total. The van der Waals surface area contributed by atoms with Crippen molar-refractivity contribution in [3.05, 3.63) is 65.7 Å². The fourth-order valence-electron chi connectivity index (χ4n) is 2.53. The first-order valence-corrected chi connectivity index (χ1v) is 10.6. The van der Waals surface area contributed by atoms with Crippen LogP contribution in [-0.4, -0.2) is 32.9 Å². The van der Waals surface area contributed by atoms with Crippen LogP contribution in [0.25, 0.3) is 0 Å². The van der Waals surface area contributed by atoms with Crippen molar-refractivity contribution in [1.82, 2.24) is 4.72 Å². The molecule has 0 radical (unpaired) electrons. The van der Waals surface area contributed by atoms with Crippen LogP contribution in [0, 0.1) is 6.92 Å². The predicted molar refractivity (Wildman–Crippen MR) is 119 cm³/mol. The number of rotatable bonds is 10. The molecule has 2 aromatic rings. The van der Waals surface area contributed by atoms with Crippen LogP contribution in [0.5, 0.6) is 0 Å². The Hall–Kier alpha value is -2.62. The summed E-state index contributed by atoms with van der Waals surface area (Å²) in [6.45, 7) is 2.19. The molecule has 0 saturated carbocycles. The molecule has 0 aliphatic carbocycles. The number of sulfonamides is 1. The minimum atomic E-state index is -3.89. The summed E-state index contributed by atoms with van der Waals surface area (Å²) in [7, 11) is -3.89. The fourth-order valence-corrected chi connectivity index (χ4v) is 3.75. The van der Waals surface area contributed by atoms with Crippen molar-refractivity contribution in [3.8, 4) is 0 Å². The molecule has 0 amide bonds. The van der Waals surface area contributed by atoms with Gasteiger partial charge in [0.1, 0.15) is 12.6 Å². The first kappa shape index (κ1) is 25.4. The normalized spacial score (nSPS) is 11.8. The fraction of sp³-hybridized carbons (Fsp3) is 0.300. The highest BCUT2D eigenvalue weighted by Crippen LogP contribution is 2.13. The molecule has 164 valence electrons. The monoisotopic (exact) mass is 454 g/mol. The zero-order valence-corrected chi connectivity index (χ0v) is 18.3. The molecule has 0 aromatic heterocycles. The summed E-state index contributed by atoms with van der Waals surface area (Å²) in [5, 5.41) is 0. The summed E-state index contributed by atoms with van der Waals surface area (Å²) in [5.41, 5.74) is 12.3. The third-order valence-corrected chi connectivity index (χ3v) is 5.57. The van der Waals surface area contributed by atoms with E-state index in [9.17, 15) is 13.2 Å². The van der Waals surface area contributed by atoms with E-state index in [-0.39, 0.29) is 42.8 Å². The maximum atomic E-state index is 12.7. The van der Waals surface area contributed by atoms with Crippen LogP contribution in [0.2, 0.25) is 0 Å². The van der Waals surface area contributed by atoms with E-state index >= 15 is 0 Å². The zero-order chi connectivity index (χ0) is 21.3. The standard InChI is InChI=1S/C20H26N4O4S.ClH/c1-15-9-11-17(12-10-15)29(26,27)24-18(8-5-13-23-20(21)22)19(25)28-14-16-6-3-2-4-7-16;/h2-4,6-7,9-12,18,24H,5,8,13-14H2,1H3,(H4,21,22,23);1H/t18-;/m0./s1. The summed E-state index contributed by atoms with van der Waals surface area (Å²) in [5.74, 6) is -0.720. The molecule has 0 aliphatic heterocycles. The smallest absolute Gasteiger partial charge is 0.324 e. The molecule has 30 heavy (non-hydrogen) atoms. The van der Waals surface area contributed by atoms with Crippen LogP contribution in [-0.2, 0) is 26.2 Å². The predicted octanol–water partition coefficient (Wildman–Crippen LogP) is 1.86. The van der Waals surface area contributed by atoms with Gasteiger partial charge in [-0.05, 0) is 37.5 Å². The van der Waals surface area contributed by atoms with E-state index < -0.39 is 22.0 Å². The van der Waals surface area contributed by atoms with E-state index in [2.05, 4.69) is 9.71 Å². The summed E-state index contributed by atoms with van der Waals surface area (Å²) in [6, 6.07) is 14.5. The van der Waals surface area contributed by atoms with Crippen LogP contribution in [0.1, 0.15) is 24.0 Å². The number of carbonyl (C=O) groups is 1. The highest BCUT2D eigenvalue weighted by atomic mass is 35.5. The number of nitrogens with two attached hydrogens (primary N) is 2. The van der Waals surface area contributed by atoms with E-state index in [0.717, 1.165) is 11.1 Å². The molecule has 0 aliphatic rings. The number of aliphatic imine (C=N–C) groups is 1. The largest absolute Gasteiger partial charge is 0.460 e. The number of carbonyl (C=O) groups excluding carboxylic acids is 1. The first-order valence-electron chi connectivity index (χ1n) is 9.13. The van der Waals surface area contributed by atoms with Gasteiger partial charge in [-0.3, -0.25) is 9.79 Å². The number of hydrogen-bond acceptors (Lipinski definition) is 5. The van der Waals surface area contributed by atoms with E-state index in [1.165, 1.54) is 12.1 Å². The van der Waals surface area contributed by atoms with Gasteiger partial charge in [-0.25, -0.2) is 8.42 Å². The third kappa shape index (κ3) is 8.40. The number of ether oxygens (including phenoxy) is 1. The van der Waals surface area contributed by atoms with Crippen molar-refractivity contribution in [2.45, 2.75) is 37.3 Å². The molecule has 2 aromatic carbocycles. The van der Waals surface area contributed by atoms with Gasteiger partial charge in [0.15, 0.2) is 5.96 Å². The number of nitrogens with one attached hydrogen (secondary N) is 1. The van der Waals surface area contributed by atoms with E-state index in [1.807, 2.05) is 37.3 Å². The van der Waals surface area contributed by atoms with Crippen molar-refractivity contribution >= 4 is 34.4 Å². The minimum absolute atomic E-state index is 0. The zero-order valence-electron chi connectivity index (χ0n) is 16.7. The van der Waals surface area contributed by atoms with Crippen molar-refractivity contribution in [2.75, 3.05) is 6.54 Å². The number of aryl methyl sites for hydroxylation is 1. The highest BCUT2D eigenvalue weighted by molar-refractivity contribution is 7.89. The van der Waals surface area contributed by atoms with Gasteiger partial charge in [0, 0.05) is 6.54 Å². The molecule has 0 saturated heterocycles. The SMILES string of the molecule is Cc1ccc(S(=O)(=O)N[C@@H](CCCN=C(N)N)C(=O)OCc2ccccc2)cc1.Cl. The Morgan fingerprint density at radius 3 is 2.33 bits per heavy atom. The molecule has 1 atom stereocenters. The van der Waals surface area contributed by atoms with Gasteiger partial charge in [-0.2, -0.15) is 4.72 Å². The number of esters is 1. The maximum absolute atomic E-state index is 12.7. The molecule has 0 unspecified atom stereocenters.